The molecular weight excluding hydrogens is 448 g/mol. The largest absolute Gasteiger partial charge is 0.491 e. The Kier molecular flexibility index (Phi) is 6.18. The van der Waals surface area contributed by atoms with Gasteiger partial charge in [0.15, 0.2) is 5.79 Å². The molecule has 0 bridgehead atoms. The van der Waals surface area contributed by atoms with Gasteiger partial charge in [-0.25, -0.2) is 15.0 Å². The summed E-state index contributed by atoms with van der Waals surface area (Å²) in [5.74, 6) is 1.17. The van der Waals surface area contributed by atoms with Crippen LogP contribution in [0.15, 0.2) is 48.9 Å². The number of nitrogens with two attached hydrogens (primary N) is 1. The van der Waals surface area contributed by atoms with Crippen LogP contribution in [0.1, 0.15) is 26.5 Å². The van der Waals surface area contributed by atoms with E-state index in [1.54, 1.807) is 7.11 Å². The number of hydrogen-bond acceptors (Lipinski definition) is 9. The lowest BCUT2D eigenvalue weighted by Gasteiger charge is -2.29. The Morgan fingerprint density at radius 3 is 2.83 bits per heavy atom. The van der Waals surface area contributed by atoms with Crippen molar-refractivity contribution in [3.05, 3.63) is 48.9 Å². The molecule has 0 aliphatic carbocycles. The van der Waals surface area contributed by atoms with Gasteiger partial charge in [-0.2, -0.15) is 0 Å². The first-order valence-electron chi connectivity index (χ1n) is 11.5. The molecule has 1 aliphatic rings. The average Bonchev–Trinajstić information content (AvgIpc) is 3.46. The van der Waals surface area contributed by atoms with Crippen molar-refractivity contribution in [1.82, 2.24) is 19.5 Å². The molecule has 10 nitrogen and oxygen atoms in total. The van der Waals surface area contributed by atoms with Gasteiger partial charge in [0.1, 0.15) is 48.3 Å². The highest BCUT2D eigenvalue weighted by Crippen LogP contribution is 2.36. The molecule has 3 N–H and O–H groups in total. The number of pyridine rings is 1. The van der Waals surface area contributed by atoms with Crippen molar-refractivity contribution in [3.8, 4) is 5.75 Å². The van der Waals surface area contributed by atoms with Crippen LogP contribution in [-0.4, -0.2) is 58.3 Å². The molecule has 1 aromatic carbocycles. The maximum absolute atomic E-state index is 6.43. The third-order valence-corrected chi connectivity index (χ3v) is 6.29. The highest BCUT2D eigenvalue weighted by Gasteiger charge is 2.41. The molecule has 5 rings (SSSR count). The SMILES string of the molecule is CNc1ccc2ccc(OC[C@H]3O[C@@H](n4ccc5c(N)ncnc54)C[C@@H]3OC(C)(C)OC)cc2n1. The van der Waals surface area contributed by atoms with E-state index in [1.165, 1.54) is 6.33 Å². The second-order valence-corrected chi connectivity index (χ2v) is 8.96. The molecule has 4 aromatic rings. The maximum Gasteiger partial charge on any atom is 0.162 e. The molecule has 35 heavy (non-hydrogen) atoms. The van der Waals surface area contributed by atoms with E-state index in [2.05, 4.69) is 20.3 Å². The van der Waals surface area contributed by atoms with Crippen LogP contribution in [0.5, 0.6) is 5.75 Å². The van der Waals surface area contributed by atoms with E-state index in [9.17, 15) is 0 Å². The number of nitrogens with zero attached hydrogens (tertiary/aromatic N) is 4. The van der Waals surface area contributed by atoms with Crippen LogP contribution in [0.2, 0.25) is 0 Å². The molecule has 3 atom stereocenters. The number of anilines is 2. The van der Waals surface area contributed by atoms with Crippen molar-refractivity contribution in [2.45, 2.75) is 44.5 Å². The van der Waals surface area contributed by atoms with Gasteiger partial charge in [-0.05, 0) is 44.2 Å². The van der Waals surface area contributed by atoms with Crippen molar-refractivity contribution in [3.63, 3.8) is 0 Å². The minimum Gasteiger partial charge on any atom is -0.491 e. The topological polar surface area (TPSA) is 119 Å². The van der Waals surface area contributed by atoms with Crippen molar-refractivity contribution in [1.29, 1.82) is 0 Å². The van der Waals surface area contributed by atoms with Crippen molar-refractivity contribution in [2.75, 3.05) is 31.8 Å². The van der Waals surface area contributed by atoms with Crippen LogP contribution < -0.4 is 15.8 Å². The molecular formula is C25H30N6O4. The quantitative estimate of drug-likeness (QED) is 0.365. The molecule has 0 radical (unpaired) electrons. The summed E-state index contributed by atoms with van der Waals surface area (Å²) in [5, 5.41) is 4.89. The Morgan fingerprint density at radius 2 is 2.03 bits per heavy atom. The van der Waals surface area contributed by atoms with E-state index >= 15 is 0 Å². The summed E-state index contributed by atoms with van der Waals surface area (Å²) in [4.78, 5) is 13.1. The average molecular weight is 479 g/mol. The molecule has 0 spiro atoms. The number of methoxy groups -OCH3 is 1. The zero-order chi connectivity index (χ0) is 24.6. The molecule has 184 valence electrons. The zero-order valence-corrected chi connectivity index (χ0v) is 20.3. The van der Waals surface area contributed by atoms with Crippen LogP contribution in [0, 0.1) is 0 Å². The fraction of sp³-hybridized carbons (Fsp3) is 0.400. The van der Waals surface area contributed by atoms with Crippen LogP contribution in [0.3, 0.4) is 0 Å². The number of aromatic nitrogens is 4. The van der Waals surface area contributed by atoms with Crippen molar-refractivity contribution >= 4 is 33.6 Å². The summed E-state index contributed by atoms with van der Waals surface area (Å²) in [6.07, 6.45) is 3.07. The lowest BCUT2D eigenvalue weighted by Crippen LogP contribution is -2.38. The predicted molar refractivity (Wildman–Crippen MR) is 133 cm³/mol. The van der Waals surface area contributed by atoms with E-state index in [4.69, 9.17) is 24.7 Å². The number of ether oxygens (including phenoxy) is 4. The third-order valence-electron chi connectivity index (χ3n) is 6.29. The zero-order valence-electron chi connectivity index (χ0n) is 20.3. The second-order valence-electron chi connectivity index (χ2n) is 8.96. The monoisotopic (exact) mass is 478 g/mol. The number of rotatable bonds is 8. The van der Waals surface area contributed by atoms with Crippen LogP contribution >= 0.6 is 0 Å². The molecule has 1 fully saturated rings. The van der Waals surface area contributed by atoms with Gasteiger partial charge in [-0.1, -0.05) is 0 Å². The van der Waals surface area contributed by atoms with Crippen LogP contribution in [0.4, 0.5) is 11.6 Å². The highest BCUT2D eigenvalue weighted by molar-refractivity contribution is 5.86. The summed E-state index contributed by atoms with van der Waals surface area (Å²) in [7, 11) is 3.47. The molecule has 10 heteroatoms. The number of benzene rings is 1. The molecule has 0 amide bonds. The van der Waals surface area contributed by atoms with Gasteiger partial charge in [-0.15, -0.1) is 0 Å². The van der Waals surface area contributed by atoms with Crippen LogP contribution in [-0.2, 0) is 14.2 Å². The standard InChI is InChI=1S/C25H30N6O4/c1-25(2,32-4)35-19-12-22(31-10-9-17-23(26)28-14-29-24(17)31)34-20(19)13-33-16-7-5-15-6-8-21(27-3)30-18(15)11-16/h5-11,14,19-20,22H,12-13H2,1-4H3,(H,27,30)(H2,26,28,29)/t19-,20+,22+/m0/s1. The molecule has 4 heterocycles. The van der Waals surface area contributed by atoms with Crippen molar-refractivity contribution < 1.29 is 18.9 Å². The number of nitrogen functional groups attached to an aromatic ring is 1. The lowest BCUT2D eigenvalue weighted by atomic mass is 10.1. The maximum atomic E-state index is 6.43. The van der Waals surface area contributed by atoms with Gasteiger partial charge in [0.05, 0.1) is 17.0 Å². The van der Waals surface area contributed by atoms with E-state index in [0.29, 0.717) is 24.6 Å². The van der Waals surface area contributed by atoms with Gasteiger partial charge >= 0.3 is 0 Å². The summed E-state index contributed by atoms with van der Waals surface area (Å²) in [6, 6.07) is 11.7. The van der Waals surface area contributed by atoms with Gasteiger partial charge in [0.25, 0.3) is 0 Å². The van der Waals surface area contributed by atoms with Crippen LogP contribution in [0.25, 0.3) is 21.9 Å². The predicted octanol–water partition coefficient (Wildman–Crippen LogP) is 3.74. The summed E-state index contributed by atoms with van der Waals surface area (Å²) < 4.78 is 26.4. The fourth-order valence-corrected chi connectivity index (χ4v) is 4.29. The Morgan fingerprint density at radius 1 is 1.20 bits per heavy atom. The summed E-state index contributed by atoms with van der Waals surface area (Å²) in [5.41, 5.74) is 7.59. The normalized spacial score (nSPS) is 20.5. The smallest absolute Gasteiger partial charge is 0.162 e. The Bertz CT molecular complexity index is 1340. The fourth-order valence-electron chi connectivity index (χ4n) is 4.29. The number of nitrogens with one attached hydrogen (secondary N) is 1. The number of hydrogen-bond donors (Lipinski definition) is 2. The first-order valence-corrected chi connectivity index (χ1v) is 11.5. The Balaban J connectivity index is 1.37. The minimum atomic E-state index is -0.775. The highest BCUT2D eigenvalue weighted by atomic mass is 16.7. The summed E-state index contributed by atoms with van der Waals surface area (Å²) >= 11 is 0. The van der Waals surface area contributed by atoms with Crippen molar-refractivity contribution in [2.24, 2.45) is 0 Å². The molecule has 1 saturated heterocycles. The van der Waals surface area contributed by atoms with Gasteiger partial charge in [0, 0.05) is 38.2 Å². The van der Waals surface area contributed by atoms with E-state index < -0.39 is 5.79 Å². The summed E-state index contributed by atoms with van der Waals surface area (Å²) in [6.45, 7) is 4.06. The first kappa shape index (κ1) is 23.3. The lowest BCUT2D eigenvalue weighted by molar-refractivity contribution is -0.232. The van der Waals surface area contributed by atoms with E-state index in [1.807, 2.05) is 68.1 Å². The first-order chi connectivity index (χ1) is 16.9. The Labute approximate surface area is 203 Å². The van der Waals surface area contributed by atoms with Gasteiger partial charge < -0.3 is 34.6 Å². The van der Waals surface area contributed by atoms with Gasteiger partial charge in [0.2, 0.25) is 0 Å². The second kappa shape index (κ2) is 9.29. The van der Waals surface area contributed by atoms with Gasteiger partial charge in [-0.3, -0.25) is 0 Å². The third kappa shape index (κ3) is 4.72. The number of fused-ring (bicyclic) bond motifs is 2. The molecule has 0 unspecified atom stereocenters. The molecule has 1 aliphatic heterocycles. The van der Waals surface area contributed by atoms with E-state index in [0.717, 1.165) is 27.8 Å². The Hall–Kier alpha value is -3.47. The minimum absolute atomic E-state index is 0.263. The van der Waals surface area contributed by atoms with E-state index in [-0.39, 0.29) is 18.4 Å². The molecule has 3 aromatic heterocycles. The molecule has 0 saturated carbocycles.